The monoisotopic (exact) mass is 447 g/mol. The van der Waals surface area contributed by atoms with Gasteiger partial charge in [-0.2, -0.15) is 0 Å². The Morgan fingerprint density at radius 3 is 1.64 bits per heavy atom. The maximum absolute atomic E-state index is 14.6. The van der Waals surface area contributed by atoms with Crippen molar-refractivity contribution in [2.24, 2.45) is 0 Å². The fraction of sp³-hybridized carbons (Fsp3) is 0.321. The van der Waals surface area contributed by atoms with Gasteiger partial charge in [0, 0.05) is 11.6 Å². The highest BCUT2D eigenvalue weighted by Gasteiger charge is 2.44. The van der Waals surface area contributed by atoms with E-state index in [0.29, 0.717) is 29.2 Å². The Kier molecular flexibility index (Phi) is 7.77. The van der Waals surface area contributed by atoms with Crippen molar-refractivity contribution in [3.8, 4) is 17.2 Å². The Morgan fingerprint density at radius 2 is 1.27 bits per heavy atom. The lowest BCUT2D eigenvalue weighted by atomic mass is 9.66. The highest BCUT2D eigenvalue weighted by atomic mass is 16.5. The van der Waals surface area contributed by atoms with E-state index in [1.165, 1.54) is 0 Å². The number of ketones is 1. The van der Waals surface area contributed by atoms with Crippen LogP contribution >= 0.6 is 0 Å². The van der Waals surface area contributed by atoms with Crippen LogP contribution in [0.25, 0.3) is 0 Å². The van der Waals surface area contributed by atoms with Crippen molar-refractivity contribution in [1.29, 1.82) is 0 Å². The van der Waals surface area contributed by atoms with Gasteiger partial charge in [-0.15, -0.1) is 0 Å². The SMILES string of the molecule is COc1cc(C(=O)C(C[C@H](C)N(C)C)(c2ccccc2)c2ccccc2)cc(OC)c1OC. The summed E-state index contributed by atoms with van der Waals surface area (Å²) in [4.78, 5) is 16.7. The Morgan fingerprint density at radius 1 is 0.818 bits per heavy atom. The summed E-state index contributed by atoms with van der Waals surface area (Å²) in [6.45, 7) is 2.14. The molecule has 0 aliphatic rings. The molecular weight excluding hydrogens is 414 g/mol. The second-order valence-electron chi connectivity index (χ2n) is 8.40. The van der Waals surface area contributed by atoms with Gasteiger partial charge in [0.1, 0.15) is 0 Å². The Balaban J connectivity index is 2.32. The molecule has 3 rings (SSSR count). The van der Waals surface area contributed by atoms with Crippen LogP contribution in [-0.4, -0.2) is 52.1 Å². The number of benzene rings is 3. The molecule has 3 aromatic carbocycles. The molecule has 0 radical (unpaired) electrons. The van der Waals surface area contributed by atoms with Crippen molar-refractivity contribution in [2.45, 2.75) is 24.8 Å². The van der Waals surface area contributed by atoms with E-state index in [-0.39, 0.29) is 11.8 Å². The predicted octanol–water partition coefficient (Wildman–Crippen LogP) is 5.22. The Hall–Kier alpha value is -3.31. The van der Waals surface area contributed by atoms with Gasteiger partial charge in [0.25, 0.3) is 0 Å². The van der Waals surface area contributed by atoms with E-state index >= 15 is 0 Å². The summed E-state index contributed by atoms with van der Waals surface area (Å²) in [5.74, 6) is 1.35. The van der Waals surface area contributed by atoms with E-state index in [0.717, 1.165) is 11.1 Å². The number of nitrogens with zero attached hydrogens (tertiary/aromatic N) is 1. The maximum Gasteiger partial charge on any atom is 0.203 e. The summed E-state index contributed by atoms with van der Waals surface area (Å²) < 4.78 is 16.6. The minimum Gasteiger partial charge on any atom is -0.493 e. The standard InChI is InChI=1S/C28H33NO4/c1-20(29(2)3)19-28(22-13-9-7-10-14-22,23-15-11-8-12-16-23)27(30)21-17-24(31-4)26(33-6)25(18-21)32-5/h7-18,20H,19H2,1-6H3/t20-/m0/s1. The van der Waals surface area contributed by atoms with Crippen LogP contribution in [0.1, 0.15) is 34.8 Å². The molecule has 0 spiro atoms. The van der Waals surface area contributed by atoms with Crippen LogP contribution in [0.3, 0.4) is 0 Å². The van der Waals surface area contributed by atoms with Gasteiger partial charge in [0.2, 0.25) is 5.75 Å². The molecule has 0 N–H and O–H groups in total. The van der Waals surface area contributed by atoms with Crippen LogP contribution in [-0.2, 0) is 5.41 Å². The van der Waals surface area contributed by atoms with Crippen molar-refractivity contribution in [3.63, 3.8) is 0 Å². The van der Waals surface area contributed by atoms with Crippen molar-refractivity contribution in [2.75, 3.05) is 35.4 Å². The number of Topliss-reactive ketones (excluding diaryl/α,β-unsaturated/α-hetero) is 1. The molecule has 174 valence electrons. The first-order valence-corrected chi connectivity index (χ1v) is 11.0. The molecule has 0 aliphatic heterocycles. The first-order valence-electron chi connectivity index (χ1n) is 11.0. The molecule has 0 unspecified atom stereocenters. The van der Waals surface area contributed by atoms with Gasteiger partial charge < -0.3 is 19.1 Å². The summed E-state index contributed by atoms with van der Waals surface area (Å²) in [5.41, 5.74) is 1.49. The lowest BCUT2D eigenvalue weighted by molar-refractivity contribution is 0.0881. The fourth-order valence-electron chi connectivity index (χ4n) is 4.29. The van der Waals surface area contributed by atoms with Crippen LogP contribution in [0.5, 0.6) is 17.2 Å². The zero-order valence-electron chi connectivity index (χ0n) is 20.3. The van der Waals surface area contributed by atoms with E-state index in [1.807, 2.05) is 74.8 Å². The molecule has 0 saturated heterocycles. The molecule has 0 bridgehead atoms. The second-order valence-corrected chi connectivity index (χ2v) is 8.40. The van der Waals surface area contributed by atoms with E-state index < -0.39 is 5.41 Å². The first kappa shape index (κ1) is 24.3. The molecule has 0 aliphatic carbocycles. The summed E-state index contributed by atoms with van der Waals surface area (Å²) in [7, 11) is 8.74. The highest BCUT2D eigenvalue weighted by molar-refractivity contribution is 6.07. The molecule has 3 aromatic rings. The van der Waals surface area contributed by atoms with Crippen LogP contribution in [0, 0.1) is 0 Å². The number of rotatable bonds is 10. The zero-order valence-corrected chi connectivity index (χ0v) is 20.3. The van der Waals surface area contributed by atoms with Crippen LogP contribution < -0.4 is 14.2 Å². The second kappa shape index (κ2) is 10.5. The van der Waals surface area contributed by atoms with E-state index in [9.17, 15) is 4.79 Å². The third-order valence-corrected chi connectivity index (χ3v) is 6.33. The van der Waals surface area contributed by atoms with Gasteiger partial charge in [0.15, 0.2) is 17.3 Å². The predicted molar refractivity (Wildman–Crippen MR) is 132 cm³/mol. The van der Waals surface area contributed by atoms with E-state index in [1.54, 1.807) is 33.5 Å². The summed E-state index contributed by atoms with van der Waals surface area (Å²) >= 11 is 0. The van der Waals surface area contributed by atoms with Crippen molar-refractivity contribution in [1.82, 2.24) is 4.90 Å². The Labute approximate surface area is 196 Å². The zero-order chi connectivity index (χ0) is 24.0. The topological polar surface area (TPSA) is 48.0 Å². The van der Waals surface area contributed by atoms with Crippen LogP contribution in [0.15, 0.2) is 72.8 Å². The lowest BCUT2D eigenvalue weighted by Gasteiger charge is -2.38. The number of ether oxygens (including phenoxy) is 3. The third kappa shape index (κ3) is 4.74. The maximum atomic E-state index is 14.6. The fourth-order valence-corrected chi connectivity index (χ4v) is 4.29. The summed E-state index contributed by atoms with van der Waals surface area (Å²) in [6.07, 6.45) is 0.601. The molecule has 0 fully saturated rings. The van der Waals surface area contributed by atoms with Gasteiger partial charge in [-0.05, 0) is 50.7 Å². The first-order chi connectivity index (χ1) is 15.9. The highest BCUT2D eigenvalue weighted by Crippen LogP contribution is 2.44. The smallest absolute Gasteiger partial charge is 0.203 e. The molecule has 5 heteroatoms. The summed E-state index contributed by atoms with van der Waals surface area (Å²) in [6, 6.07) is 23.6. The number of methoxy groups -OCH3 is 3. The van der Waals surface area contributed by atoms with Crippen LogP contribution in [0.4, 0.5) is 0 Å². The number of carbonyl (C=O) groups excluding carboxylic acids is 1. The van der Waals surface area contributed by atoms with E-state index in [2.05, 4.69) is 11.8 Å². The van der Waals surface area contributed by atoms with Gasteiger partial charge in [-0.1, -0.05) is 60.7 Å². The lowest BCUT2D eigenvalue weighted by Crippen LogP contribution is -2.43. The quantitative estimate of drug-likeness (QED) is 0.399. The number of hydrogen-bond acceptors (Lipinski definition) is 5. The molecule has 0 heterocycles. The third-order valence-electron chi connectivity index (χ3n) is 6.33. The molecule has 0 saturated carbocycles. The van der Waals surface area contributed by atoms with E-state index in [4.69, 9.17) is 14.2 Å². The molecule has 1 atom stereocenters. The van der Waals surface area contributed by atoms with Crippen LogP contribution in [0.2, 0.25) is 0 Å². The molecule has 33 heavy (non-hydrogen) atoms. The summed E-state index contributed by atoms with van der Waals surface area (Å²) in [5, 5.41) is 0. The molecule has 5 nitrogen and oxygen atoms in total. The normalized spacial score (nSPS) is 12.3. The van der Waals surface area contributed by atoms with Gasteiger partial charge in [-0.25, -0.2) is 0 Å². The minimum atomic E-state index is -0.906. The average molecular weight is 448 g/mol. The van der Waals surface area contributed by atoms with Gasteiger partial charge in [0.05, 0.1) is 26.7 Å². The van der Waals surface area contributed by atoms with Gasteiger partial charge in [-0.3, -0.25) is 4.79 Å². The molecule has 0 aromatic heterocycles. The largest absolute Gasteiger partial charge is 0.493 e. The molecule has 0 amide bonds. The van der Waals surface area contributed by atoms with Gasteiger partial charge >= 0.3 is 0 Å². The minimum absolute atomic E-state index is 0.0205. The van der Waals surface area contributed by atoms with Crippen molar-refractivity contribution >= 4 is 5.78 Å². The average Bonchev–Trinajstić information content (AvgIpc) is 2.86. The van der Waals surface area contributed by atoms with Crippen molar-refractivity contribution < 1.29 is 19.0 Å². The molecular formula is C28H33NO4. The van der Waals surface area contributed by atoms with Crippen molar-refractivity contribution in [3.05, 3.63) is 89.5 Å². The Bertz CT molecular complexity index is 999. The number of carbonyl (C=O) groups is 1. The number of hydrogen-bond donors (Lipinski definition) is 0.